The molecule has 0 atom stereocenters. The Morgan fingerprint density at radius 2 is 1.60 bits per heavy atom. The van der Waals surface area contributed by atoms with Crippen LogP contribution in [-0.2, 0) is 11.2 Å². The number of likely N-dealkylation sites (N-methyl/N-ethyl adjacent to an activating group) is 1. The molecule has 0 heterocycles. The van der Waals surface area contributed by atoms with E-state index in [1.807, 2.05) is 45.3 Å². The zero-order chi connectivity index (χ0) is 18.2. The van der Waals surface area contributed by atoms with Crippen LogP contribution in [0.1, 0.15) is 12.5 Å². The lowest BCUT2D eigenvalue weighted by molar-refractivity contribution is -0.131. The highest BCUT2D eigenvalue weighted by Gasteiger charge is 2.02. The fourth-order valence-corrected chi connectivity index (χ4v) is 2.49. The number of benzene rings is 2. The number of carboxylic acid groups (broad SMARTS) is 1. The van der Waals surface area contributed by atoms with Gasteiger partial charge in [0.05, 0.1) is 0 Å². The van der Waals surface area contributed by atoms with Crippen molar-refractivity contribution in [3.05, 3.63) is 65.7 Å². The highest BCUT2D eigenvalue weighted by molar-refractivity contribution is 5.80. The Morgan fingerprint density at radius 1 is 1.04 bits per heavy atom. The van der Waals surface area contributed by atoms with Crippen molar-refractivity contribution >= 4 is 5.97 Å². The Kier molecular flexibility index (Phi) is 6.78. The number of carbonyl (C=O) groups is 1. The van der Waals surface area contributed by atoms with E-state index in [9.17, 15) is 4.79 Å². The minimum Gasteiger partial charge on any atom is -0.492 e. The normalized spacial score (nSPS) is 11.6. The molecule has 1 N–H and O–H groups in total. The van der Waals surface area contributed by atoms with E-state index < -0.39 is 5.97 Å². The average Bonchev–Trinajstić information content (AvgIpc) is 2.55. The summed E-state index contributed by atoms with van der Waals surface area (Å²) in [6.07, 6.45) is 1.90. The zero-order valence-corrected chi connectivity index (χ0v) is 15.0. The van der Waals surface area contributed by atoms with Crippen molar-refractivity contribution in [2.45, 2.75) is 13.3 Å². The molecule has 0 aliphatic heterocycles. The number of allylic oxidation sites excluding steroid dienone is 1. The van der Waals surface area contributed by atoms with Gasteiger partial charge in [0, 0.05) is 12.6 Å². The molecule has 2 aromatic rings. The van der Waals surface area contributed by atoms with Gasteiger partial charge >= 0.3 is 5.97 Å². The van der Waals surface area contributed by atoms with Crippen molar-refractivity contribution in [1.29, 1.82) is 0 Å². The van der Waals surface area contributed by atoms with E-state index in [0.29, 0.717) is 13.0 Å². The van der Waals surface area contributed by atoms with Gasteiger partial charge in [0.2, 0.25) is 0 Å². The first-order valence-electron chi connectivity index (χ1n) is 8.31. The Bertz CT molecular complexity index is 716. The van der Waals surface area contributed by atoms with Gasteiger partial charge in [0.1, 0.15) is 12.4 Å². The lowest BCUT2D eigenvalue weighted by atomic mass is 10.0. The second-order valence-electron chi connectivity index (χ2n) is 6.38. The van der Waals surface area contributed by atoms with Crippen molar-refractivity contribution in [2.24, 2.45) is 0 Å². The molecule has 0 aliphatic rings. The summed E-state index contributed by atoms with van der Waals surface area (Å²) in [4.78, 5) is 12.8. The number of carboxylic acids is 1. The molecule has 4 nitrogen and oxygen atoms in total. The van der Waals surface area contributed by atoms with Crippen LogP contribution in [0, 0.1) is 0 Å². The predicted octanol–water partition coefficient (Wildman–Crippen LogP) is 3.87. The van der Waals surface area contributed by atoms with Crippen LogP contribution in [0.25, 0.3) is 11.1 Å². The largest absolute Gasteiger partial charge is 0.492 e. The van der Waals surface area contributed by atoms with Gasteiger partial charge in [-0.05, 0) is 56.3 Å². The standard InChI is InChI=1S/C21H25NO3/c1-16(15-21(23)24)14-17-4-6-18(7-5-17)19-8-10-20(11-9-19)25-13-12-22(2)3/h4-11,15H,12-14H2,1-3H3,(H,23,24)/b16-15+. The van der Waals surface area contributed by atoms with Crippen LogP contribution in [0.4, 0.5) is 0 Å². The lowest BCUT2D eigenvalue weighted by Gasteiger charge is -2.11. The fraction of sp³-hybridized carbons (Fsp3) is 0.286. The van der Waals surface area contributed by atoms with E-state index in [1.54, 1.807) is 0 Å². The number of hydrogen-bond acceptors (Lipinski definition) is 3. The first-order valence-corrected chi connectivity index (χ1v) is 8.31. The second kappa shape index (κ2) is 9.04. The lowest BCUT2D eigenvalue weighted by Crippen LogP contribution is -2.19. The smallest absolute Gasteiger partial charge is 0.328 e. The van der Waals surface area contributed by atoms with Crippen LogP contribution in [0.15, 0.2) is 60.2 Å². The van der Waals surface area contributed by atoms with E-state index in [4.69, 9.17) is 9.84 Å². The van der Waals surface area contributed by atoms with E-state index in [-0.39, 0.29) is 0 Å². The molecule has 0 fully saturated rings. The number of ether oxygens (including phenoxy) is 1. The van der Waals surface area contributed by atoms with Gasteiger partial charge in [-0.2, -0.15) is 0 Å². The quantitative estimate of drug-likeness (QED) is 0.742. The van der Waals surface area contributed by atoms with Crippen LogP contribution in [-0.4, -0.2) is 43.2 Å². The number of rotatable bonds is 8. The second-order valence-corrected chi connectivity index (χ2v) is 6.38. The molecule has 25 heavy (non-hydrogen) atoms. The van der Waals surface area contributed by atoms with E-state index >= 15 is 0 Å². The molecular weight excluding hydrogens is 314 g/mol. The average molecular weight is 339 g/mol. The van der Waals surface area contributed by atoms with Crippen LogP contribution in [0.2, 0.25) is 0 Å². The maximum atomic E-state index is 10.7. The third-order valence-electron chi connectivity index (χ3n) is 3.80. The molecule has 0 saturated carbocycles. The van der Waals surface area contributed by atoms with Crippen molar-refractivity contribution in [3.8, 4) is 16.9 Å². The van der Waals surface area contributed by atoms with Gasteiger partial charge in [0.15, 0.2) is 0 Å². The molecule has 2 rings (SSSR count). The van der Waals surface area contributed by atoms with Crippen molar-refractivity contribution in [3.63, 3.8) is 0 Å². The summed E-state index contributed by atoms with van der Waals surface area (Å²) in [5.74, 6) is -0.0290. The van der Waals surface area contributed by atoms with E-state index in [2.05, 4.69) is 29.2 Å². The zero-order valence-electron chi connectivity index (χ0n) is 15.0. The Morgan fingerprint density at radius 3 is 2.12 bits per heavy atom. The third-order valence-corrected chi connectivity index (χ3v) is 3.80. The number of nitrogens with zero attached hydrogens (tertiary/aromatic N) is 1. The SMILES string of the molecule is C/C(=C\C(=O)O)Cc1ccc(-c2ccc(OCCN(C)C)cc2)cc1. The number of aliphatic carboxylic acids is 1. The van der Waals surface area contributed by atoms with E-state index in [1.165, 1.54) is 6.08 Å². The van der Waals surface area contributed by atoms with Crippen molar-refractivity contribution in [1.82, 2.24) is 4.90 Å². The highest BCUT2D eigenvalue weighted by Crippen LogP contribution is 2.23. The molecule has 132 valence electrons. The molecule has 2 aromatic carbocycles. The van der Waals surface area contributed by atoms with Crippen molar-refractivity contribution < 1.29 is 14.6 Å². The van der Waals surface area contributed by atoms with Crippen molar-refractivity contribution in [2.75, 3.05) is 27.2 Å². The van der Waals surface area contributed by atoms with E-state index in [0.717, 1.165) is 34.6 Å². The summed E-state index contributed by atoms with van der Waals surface area (Å²) in [7, 11) is 4.05. The Hall–Kier alpha value is -2.59. The number of hydrogen-bond donors (Lipinski definition) is 1. The summed E-state index contributed by atoms with van der Waals surface area (Å²) in [6.45, 7) is 3.39. The first kappa shape index (κ1) is 18.7. The maximum absolute atomic E-state index is 10.7. The van der Waals surface area contributed by atoms with Crippen LogP contribution in [0.3, 0.4) is 0 Å². The van der Waals surface area contributed by atoms with Gasteiger partial charge in [-0.15, -0.1) is 0 Å². The maximum Gasteiger partial charge on any atom is 0.328 e. The Balaban J connectivity index is 1.98. The molecular formula is C21H25NO3. The summed E-state index contributed by atoms with van der Waals surface area (Å²) in [6, 6.07) is 16.3. The molecule has 0 unspecified atom stereocenters. The summed E-state index contributed by atoms with van der Waals surface area (Å²) in [5.41, 5.74) is 4.19. The third kappa shape index (κ3) is 6.43. The summed E-state index contributed by atoms with van der Waals surface area (Å²) in [5, 5.41) is 8.77. The topological polar surface area (TPSA) is 49.8 Å². The fourth-order valence-electron chi connectivity index (χ4n) is 2.49. The van der Waals surface area contributed by atoms with Gasteiger partial charge in [-0.3, -0.25) is 0 Å². The van der Waals surface area contributed by atoms with Crippen LogP contribution >= 0.6 is 0 Å². The van der Waals surface area contributed by atoms with Gasteiger partial charge in [0.25, 0.3) is 0 Å². The Labute approximate surface area is 149 Å². The predicted molar refractivity (Wildman–Crippen MR) is 101 cm³/mol. The minimum atomic E-state index is -0.901. The molecule has 0 bridgehead atoms. The van der Waals surface area contributed by atoms with Crippen LogP contribution in [0.5, 0.6) is 5.75 Å². The summed E-state index contributed by atoms with van der Waals surface area (Å²) >= 11 is 0. The minimum absolute atomic E-state index is 0.644. The molecule has 4 heteroatoms. The molecule has 0 aliphatic carbocycles. The van der Waals surface area contributed by atoms with Gasteiger partial charge in [-0.25, -0.2) is 4.79 Å². The molecule has 0 radical (unpaired) electrons. The molecule has 0 spiro atoms. The highest BCUT2D eigenvalue weighted by atomic mass is 16.5. The molecule has 0 saturated heterocycles. The van der Waals surface area contributed by atoms with Crippen LogP contribution < -0.4 is 4.74 Å². The van der Waals surface area contributed by atoms with Gasteiger partial charge in [-0.1, -0.05) is 42.0 Å². The molecule has 0 amide bonds. The first-order chi connectivity index (χ1) is 11.9. The van der Waals surface area contributed by atoms with Gasteiger partial charge < -0.3 is 14.7 Å². The molecule has 0 aromatic heterocycles. The monoisotopic (exact) mass is 339 g/mol. The summed E-state index contributed by atoms with van der Waals surface area (Å²) < 4.78 is 5.71.